The van der Waals surface area contributed by atoms with Crippen molar-refractivity contribution in [1.82, 2.24) is 19.4 Å². The van der Waals surface area contributed by atoms with Crippen molar-refractivity contribution in [3.63, 3.8) is 0 Å². The molecule has 7 nitrogen and oxygen atoms in total. The Bertz CT molecular complexity index is 1030. The molecule has 0 aliphatic carbocycles. The van der Waals surface area contributed by atoms with Gasteiger partial charge in [0.05, 0.1) is 22.6 Å². The largest absolute Gasteiger partial charge is 0.487 e. The summed E-state index contributed by atoms with van der Waals surface area (Å²) in [5.41, 5.74) is 1.26. The van der Waals surface area contributed by atoms with Crippen LogP contribution in [0.4, 0.5) is 5.82 Å². The minimum Gasteiger partial charge on any atom is -0.487 e. The number of nitrogens with zero attached hydrogens (tertiary/aromatic N) is 4. The predicted octanol–water partition coefficient (Wildman–Crippen LogP) is 3.37. The molecule has 30 heavy (non-hydrogen) atoms. The van der Waals surface area contributed by atoms with E-state index in [1.807, 2.05) is 12.1 Å². The van der Waals surface area contributed by atoms with Crippen molar-refractivity contribution >= 4 is 17.4 Å². The molecule has 0 atom stereocenters. The number of hydrogen-bond donors (Lipinski definition) is 1. The molecule has 1 saturated heterocycles. The van der Waals surface area contributed by atoms with Crippen LogP contribution in [-0.4, -0.2) is 45.6 Å². The zero-order valence-electron chi connectivity index (χ0n) is 16.8. The molecule has 0 aromatic carbocycles. The SMILES string of the molecule is CN1CCC(Nc2ccc(-n3ccc(OCc4ccc(Cl)cn4)cc3=O)cn2)CC1. The summed E-state index contributed by atoms with van der Waals surface area (Å²) in [4.78, 5) is 23.5. The average molecular weight is 426 g/mol. The van der Waals surface area contributed by atoms with E-state index in [4.69, 9.17) is 16.3 Å². The molecule has 0 unspecified atom stereocenters. The summed E-state index contributed by atoms with van der Waals surface area (Å²) in [5.74, 6) is 1.32. The molecule has 0 amide bonds. The molecule has 1 N–H and O–H groups in total. The lowest BCUT2D eigenvalue weighted by Crippen LogP contribution is -2.36. The summed E-state index contributed by atoms with van der Waals surface area (Å²) in [6.07, 6.45) is 7.17. The van der Waals surface area contributed by atoms with E-state index in [0.717, 1.165) is 37.4 Å². The number of piperidine rings is 1. The standard InChI is InChI=1S/C22H24ClN5O2/c1-27-9-6-17(7-10-27)26-21-5-4-19(14-25-21)28-11-8-20(12-22(28)29)30-15-18-3-2-16(23)13-24-18/h2-5,8,11-14,17H,6-7,9-10,15H2,1H3,(H,25,26). The maximum atomic E-state index is 12.5. The van der Waals surface area contributed by atoms with E-state index >= 15 is 0 Å². The van der Waals surface area contributed by atoms with Crippen LogP contribution in [0.5, 0.6) is 5.75 Å². The van der Waals surface area contributed by atoms with Crippen LogP contribution in [0.3, 0.4) is 0 Å². The Balaban J connectivity index is 1.38. The second-order valence-electron chi connectivity index (χ2n) is 7.45. The number of aromatic nitrogens is 3. The smallest absolute Gasteiger partial charge is 0.258 e. The second-order valence-corrected chi connectivity index (χ2v) is 7.89. The molecule has 0 saturated carbocycles. The molecule has 8 heteroatoms. The van der Waals surface area contributed by atoms with Gasteiger partial charge in [-0.2, -0.15) is 0 Å². The molecule has 3 aromatic heterocycles. The van der Waals surface area contributed by atoms with Crippen molar-refractivity contribution in [2.24, 2.45) is 0 Å². The van der Waals surface area contributed by atoms with E-state index in [-0.39, 0.29) is 12.2 Å². The van der Waals surface area contributed by atoms with Gasteiger partial charge in [-0.3, -0.25) is 14.3 Å². The summed E-state index contributed by atoms with van der Waals surface area (Å²) < 4.78 is 7.21. The summed E-state index contributed by atoms with van der Waals surface area (Å²) in [7, 11) is 2.14. The second kappa shape index (κ2) is 9.28. The van der Waals surface area contributed by atoms with E-state index in [1.165, 1.54) is 6.07 Å². The first kappa shape index (κ1) is 20.4. The molecule has 0 spiro atoms. The molecule has 3 aromatic rings. The highest BCUT2D eigenvalue weighted by Gasteiger charge is 2.16. The van der Waals surface area contributed by atoms with Crippen molar-refractivity contribution in [2.45, 2.75) is 25.5 Å². The number of ether oxygens (including phenoxy) is 1. The lowest BCUT2D eigenvalue weighted by atomic mass is 10.1. The van der Waals surface area contributed by atoms with Crippen molar-refractivity contribution in [1.29, 1.82) is 0 Å². The van der Waals surface area contributed by atoms with Crippen molar-refractivity contribution in [2.75, 3.05) is 25.5 Å². The fraction of sp³-hybridized carbons (Fsp3) is 0.318. The number of halogens is 1. The Morgan fingerprint density at radius 3 is 2.63 bits per heavy atom. The van der Waals surface area contributed by atoms with Crippen molar-refractivity contribution in [3.05, 3.63) is 76.1 Å². The van der Waals surface area contributed by atoms with E-state index in [9.17, 15) is 4.79 Å². The van der Waals surface area contributed by atoms with Crippen LogP contribution < -0.4 is 15.6 Å². The summed E-state index contributed by atoms with van der Waals surface area (Å²) in [5, 5.41) is 4.05. The van der Waals surface area contributed by atoms with Gasteiger partial charge in [0.1, 0.15) is 18.2 Å². The first-order valence-corrected chi connectivity index (χ1v) is 10.3. The predicted molar refractivity (Wildman–Crippen MR) is 118 cm³/mol. The highest BCUT2D eigenvalue weighted by molar-refractivity contribution is 6.30. The quantitative estimate of drug-likeness (QED) is 0.652. The maximum absolute atomic E-state index is 12.5. The topological polar surface area (TPSA) is 72.3 Å². The molecular weight excluding hydrogens is 402 g/mol. The highest BCUT2D eigenvalue weighted by Crippen LogP contribution is 2.16. The minimum absolute atomic E-state index is 0.186. The van der Waals surface area contributed by atoms with Crippen LogP contribution >= 0.6 is 11.6 Å². The molecule has 0 radical (unpaired) electrons. The van der Waals surface area contributed by atoms with Gasteiger partial charge in [0.25, 0.3) is 5.56 Å². The molecule has 4 rings (SSSR count). The fourth-order valence-corrected chi connectivity index (χ4v) is 3.50. The number of rotatable bonds is 6. The van der Waals surface area contributed by atoms with Gasteiger partial charge in [-0.15, -0.1) is 0 Å². The Labute approximate surface area is 180 Å². The Morgan fingerprint density at radius 1 is 1.13 bits per heavy atom. The highest BCUT2D eigenvalue weighted by atomic mass is 35.5. The van der Waals surface area contributed by atoms with Crippen LogP contribution in [0.15, 0.2) is 59.8 Å². The van der Waals surface area contributed by atoms with Crippen LogP contribution in [0.1, 0.15) is 18.5 Å². The van der Waals surface area contributed by atoms with Gasteiger partial charge >= 0.3 is 0 Å². The number of nitrogens with one attached hydrogen (secondary N) is 1. The van der Waals surface area contributed by atoms with E-state index in [1.54, 1.807) is 41.4 Å². The van der Waals surface area contributed by atoms with Gasteiger partial charge in [-0.25, -0.2) is 4.98 Å². The van der Waals surface area contributed by atoms with E-state index in [2.05, 4.69) is 27.2 Å². The van der Waals surface area contributed by atoms with Gasteiger partial charge in [0, 0.05) is 24.5 Å². The monoisotopic (exact) mass is 425 g/mol. The molecule has 156 valence electrons. The van der Waals surface area contributed by atoms with Crippen LogP contribution in [0.2, 0.25) is 5.02 Å². The molecule has 0 bridgehead atoms. The van der Waals surface area contributed by atoms with Crippen LogP contribution in [0.25, 0.3) is 5.69 Å². The molecule has 4 heterocycles. The summed E-state index contributed by atoms with van der Waals surface area (Å²) >= 11 is 5.83. The lowest BCUT2D eigenvalue weighted by Gasteiger charge is -2.29. The van der Waals surface area contributed by atoms with E-state index < -0.39 is 0 Å². The third-order valence-corrected chi connectivity index (χ3v) is 5.39. The number of pyridine rings is 3. The van der Waals surface area contributed by atoms with Crippen LogP contribution in [-0.2, 0) is 6.61 Å². The lowest BCUT2D eigenvalue weighted by molar-refractivity contribution is 0.263. The zero-order chi connectivity index (χ0) is 20.9. The normalized spacial score (nSPS) is 15.1. The van der Waals surface area contributed by atoms with Gasteiger partial charge in [0.2, 0.25) is 0 Å². The average Bonchev–Trinajstić information content (AvgIpc) is 2.76. The van der Waals surface area contributed by atoms with Crippen LogP contribution in [0, 0.1) is 0 Å². The third-order valence-electron chi connectivity index (χ3n) is 5.16. The zero-order valence-corrected chi connectivity index (χ0v) is 17.5. The van der Waals surface area contributed by atoms with E-state index in [0.29, 0.717) is 22.5 Å². The first-order chi connectivity index (χ1) is 14.6. The molecular formula is C22H24ClN5O2. The van der Waals surface area contributed by atoms with Crippen molar-refractivity contribution < 1.29 is 4.74 Å². The summed E-state index contributed by atoms with van der Waals surface area (Å²) in [6, 6.07) is 11.0. The number of likely N-dealkylation sites (tertiary alicyclic amines) is 1. The third kappa shape index (κ3) is 5.17. The first-order valence-electron chi connectivity index (χ1n) is 9.94. The fourth-order valence-electron chi connectivity index (χ4n) is 3.39. The van der Waals surface area contributed by atoms with Crippen molar-refractivity contribution in [3.8, 4) is 11.4 Å². The molecule has 1 aliphatic rings. The molecule has 1 aliphatic heterocycles. The number of anilines is 1. The Hall–Kier alpha value is -2.90. The summed E-state index contributed by atoms with van der Waals surface area (Å²) in [6.45, 7) is 2.45. The molecule has 1 fully saturated rings. The van der Waals surface area contributed by atoms with Gasteiger partial charge < -0.3 is 15.0 Å². The van der Waals surface area contributed by atoms with Gasteiger partial charge in [-0.05, 0) is 63.3 Å². The van der Waals surface area contributed by atoms with Gasteiger partial charge in [-0.1, -0.05) is 11.6 Å². The number of hydrogen-bond acceptors (Lipinski definition) is 6. The Morgan fingerprint density at radius 2 is 1.97 bits per heavy atom. The maximum Gasteiger partial charge on any atom is 0.258 e. The minimum atomic E-state index is -0.186. The Kier molecular flexibility index (Phi) is 6.30. The van der Waals surface area contributed by atoms with Gasteiger partial charge in [0.15, 0.2) is 0 Å².